The first-order valence-corrected chi connectivity index (χ1v) is 9.67. The lowest BCUT2D eigenvalue weighted by atomic mass is 9.84. The summed E-state index contributed by atoms with van der Waals surface area (Å²) in [6.07, 6.45) is 17.1. The van der Waals surface area contributed by atoms with Crippen LogP contribution in [0.15, 0.2) is 78.9 Å². The largest absolute Gasteiger partial charge is 0.0885 e. The fraction of sp³-hybridized carbons (Fsp3) is 0.440. The van der Waals surface area contributed by atoms with Gasteiger partial charge in [-0.3, -0.25) is 0 Å². The van der Waals surface area contributed by atoms with Gasteiger partial charge in [0.15, 0.2) is 0 Å². The van der Waals surface area contributed by atoms with E-state index in [1.54, 1.807) is 5.56 Å². The smallest absolute Gasteiger partial charge is 0.0162 e. The molecule has 0 spiro atoms. The Balaban J connectivity index is 0.000000204. The summed E-state index contributed by atoms with van der Waals surface area (Å²) in [5.74, 6) is 0.861. The number of hydrogen-bond donors (Lipinski definition) is 0. The highest BCUT2D eigenvalue weighted by atomic mass is 14.2. The van der Waals surface area contributed by atoms with Crippen LogP contribution in [0.4, 0.5) is 0 Å². The van der Waals surface area contributed by atoms with E-state index in [1.807, 2.05) is 36.4 Å². The molecule has 0 nitrogen and oxygen atoms in total. The third-order valence-electron chi connectivity index (χ3n) is 4.70. The molecule has 0 heteroatoms. The van der Waals surface area contributed by atoms with Crippen molar-refractivity contribution in [3.63, 3.8) is 0 Å². The average molecular weight is 337 g/mol. The van der Waals surface area contributed by atoms with E-state index in [0.717, 1.165) is 5.92 Å². The van der Waals surface area contributed by atoms with Crippen molar-refractivity contribution in [2.24, 2.45) is 0 Å². The third-order valence-corrected chi connectivity index (χ3v) is 4.70. The van der Waals surface area contributed by atoms with Crippen LogP contribution in [0, 0.1) is 0 Å². The van der Waals surface area contributed by atoms with Crippen LogP contribution < -0.4 is 0 Å². The Hall–Kier alpha value is -1.82. The fourth-order valence-electron chi connectivity index (χ4n) is 3.31. The predicted octanol–water partition coefficient (Wildman–Crippen LogP) is 8.17. The van der Waals surface area contributed by atoms with Gasteiger partial charge in [0.2, 0.25) is 0 Å². The Morgan fingerprint density at radius 3 is 1.36 bits per heavy atom. The zero-order valence-corrected chi connectivity index (χ0v) is 14.9. The molecule has 2 aromatic carbocycles. The van der Waals surface area contributed by atoms with E-state index in [0.29, 0.717) is 0 Å². The van der Waals surface area contributed by atoms with Crippen LogP contribution in [0.3, 0.4) is 0 Å². The summed E-state index contributed by atoms with van der Waals surface area (Å²) in [7, 11) is 0. The molecule has 0 saturated heterocycles. The quantitative estimate of drug-likeness (QED) is 0.461. The molecule has 2 aliphatic carbocycles. The van der Waals surface area contributed by atoms with Crippen molar-refractivity contribution in [3.8, 4) is 0 Å². The third kappa shape index (κ3) is 9.92. The molecule has 0 N–H and O–H groups in total. The van der Waals surface area contributed by atoms with Crippen LogP contribution in [0.2, 0.25) is 0 Å². The summed E-state index contributed by atoms with van der Waals surface area (Å²) < 4.78 is 0. The summed E-state index contributed by atoms with van der Waals surface area (Å²) in [5, 5.41) is 0. The molecule has 2 aromatic rings. The first-order chi connectivity index (χ1) is 12.0. The zero-order chi connectivity index (χ0) is 16.7. The van der Waals surface area contributed by atoms with E-state index >= 15 is 0 Å². The summed E-state index contributed by atoms with van der Waals surface area (Å²) >= 11 is 0. The average Bonchev–Trinajstić information content (AvgIpc) is 2.73. The Bertz CT molecular complexity index is 486. The van der Waals surface area contributed by atoms with E-state index in [9.17, 15) is 0 Å². The number of allylic oxidation sites excluding steroid dienone is 2. The molecule has 4 rings (SSSR count). The van der Waals surface area contributed by atoms with Gasteiger partial charge in [-0.2, -0.15) is 0 Å². The standard InChI is InChI=1S/C12H16.C6H10.C6H6.CH4/c1-3-7-11(8-4-1)12-9-5-2-6-10-12;2*1-2-4-6-5-3-1;/h1,3-4,7-8,12H,2,5-6,9-10H2;1-2H,3-6H2;1-6H;1H4. The Morgan fingerprint density at radius 1 is 0.520 bits per heavy atom. The van der Waals surface area contributed by atoms with Gasteiger partial charge in [-0.15, -0.1) is 0 Å². The van der Waals surface area contributed by atoms with Crippen molar-refractivity contribution >= 4 is 0 Å². The molecule has 0 unspecified atom stereocenters. The lowest BCUT2D eigenvalue weighted by molar-refractivity contribution is 0.443. The molecular weight excluding hydrogens is 300 g/mol. The highest BCUT2D eigenvalue weighted by molar-refractivity contribution is 5.19. The second-order valence-electron chi connectivity index (χ2n) is 6.66. The van der Waals surface area contributed by atoms with E-state index in [4.69, 9.17) is 0 Å². The maximum atomic E-state index is 2.27. The molecule has 0 bridgehead atoms. The van der Waals surface area contributed by atoms with Gasteiger partial charge in [-0.05, 0) is 50.0 Å². The van der Waals surface area contributed by atoms with Gasteiger partial charge in [-0.1, -0.05) is 106 Å². The minimum atomic E-state index is 0. The summed E-state index contributed by atoms with van der Waals surface area (Å²) in [6.45, 7) is 0. The number of rotatable bonds is 1. The van der Waals surface area contributed by atoms with E-state index in [2.05, 4.69) is 42.5 Å². The van der Waals surface area contributed by atoms with Crippen LogP contribution in [-0.2, 0) is 0 Å². The van der Waals surface area contributed by atoms with Gasteiger partial charge in [0.05, 0.1) is 0 Å². The lowest BCUT2D eigenvalue weighted by Crippen LogP contribution is -2.03. The second kappa shape index (κ2) is 14.5. The van der Waals surface area contributed by atoms with Crippen molar-refractivity contribution in [2.75, 3.05) is 0 Å². The molecule has 0 atom stereocenters. The van der Waals surface area contributed by atoms with Gasteiger partial charge < -0.3 is 0 Å². The zero-order valence-electron chi connectivity index (χ0n) is 14.9. The van der Waals surface area contributed by atoms with Gasteiger partial charge >= 0.3 is 0 Å². The maximum Gasteiger partial charge on any atom is -0.0162 e. The van der Waals surface area contributed by atoms with Gasteiger partial charge in [0.25, 0.3) is 0 Å². The highest BCUT2D eigenvalue weighted by Crippen LogP contribution is 2.32. The topological polar surface area (TPSA) is 0 Å². The van der Waals surface area contributed by atoms with Crippen molar-refractivity contribution in [2.45, 2.75) is 71.1 Å². The molecule has 0 aliphatic heterocycles. The second-order valence-corrected chi connectivity index (χ2v) is 6.66. The van der Waals surface area contributed by atoms with Gasteiger partial charge in [-0.25, -0.2) is 0 Å². The summed E-state index contributed by atoms with van der Waals surface area (Å²) in [5.41, 5.74) is 1.55. The van der Waals surface area contributed by atoms with E-state index in [-0.39, 0.29) is 7.43 Å². The first-order valence-electron chi connectivity index (χ1n) is 9.67. The summed E-state index contributed by atoms with van der Waals surface area (Å²) in [6, 6.07) is 23.0. The van der Waals surface area contributed by atoms with Crippen LogP contribution in [-0.4, -0.2) is 0 Å². The van der Waals surface area contributed by atoms with E-state index < -0.39 is 0 Å². The van der Waals surface area contributed by atoms with Crippen molar-refractivity contribution in [1.82, 2.24) is 0 Å². The molecule has 136 valence electrons. The molecule has 0 amide bonds. The Labute approximate surface area is 156 Å². The summed E-state index contributed by atoms with van der Waals surface area (Å²) in [4.78, 5) is 0. The SMILES string of the molecule is C.C1=CCCCC1.c1ccc(C2CCCCC2)cc1.c1ccccc1. The molecule has 1 saturated carbocycles. The molecule has 0 heterocycles. The Morgan fingerprint density at radius 2 is 0.960 bits per heavy atom. The number of benzene rings is 2. The van der Waals surface area contributed by atoms with Crippen LogP contribution >= 0.6 is 0 Å². The van der Waals surface area contributed by atoms with E-state index in [1.165, 1.54) is 57.8 Å². The monoisotopic (exact) mass is 336 g/mol. The normalized spacial score (nSPS) is 16.3. The minimum Gasteiger partial charge on any atom is -0.0885 e. The fourth-order valence-corrected chi connectivity index (χ4v) is 3.31. The van der Waals surface area contributed by atoms with Crippen molar-refractivity contribution in [3.05, 3.63) is 84.4 Å². The Kier molecular flexibility index (Phi) is 12.3. The molecule has 1 fully saturated rings. The van der Waals surface area contributed by atoms with Crippen LogP contribution in [0.1, 0.15) is 76.7 Å². The minimum absolute atomic E-state index is 0. The van der Waals surface area contributed by atoms with Crippen molar-refractivity contribution in [1.29, 1.82) is 0 Å². The first kappa shape index (κ1) is 21.2. The van der Waals surface area contributed by atoms with Crippen LogP contribution in [0.25, 0.3) is 0 Å². The molecule has 25 heavy (non-hydrogen) atoms. The molecule has 2 aliphatic rings. The maximum absolute atomic E-state index is 2.27. The van der Waals surface area contributed by atoms with Gasteiger partial charge in [0, 0.05) is 0 Å². The predicted molar refractivity (Wildman–Crippen MR) is 113 cm³/mol. The number of hydrogen-bond acceptors (Lipinski definition) is 0. The van der Waals surface area contributed by atoms with Crippen LogP contribution in [0.5, 0.6) is 0 Å². The molecule has 0 aromatic heterocycles. The highest BCUT2D eigenvalue weighted by Gasteiger charge is 2.14. The van der Waals surface area contributed by atoms with Gasteiger partial charge in [0.1, 0.15) is 0 Å². The van der Waals surface area contributed by atoms with Crippen molar-refractivity contribution < 1.29 is 0 Å². The molecular formula is C25H36. The molecule has 0 radical (unpaired) electrons. The lowest BCUT2D eigenvalue weighted by Gasteiger charge is -2.21.